The summed E-state index contributed by atoms with van der Waals surface area (Å²) in [5.41, 5.74) is 7.02. The molecule has 0 bridgehead atoms. The number of nitrogens with two attached hydrogens (primary N) is 1. The predicted octanol–water partition coefficient (Wildman–Crippen LogP) is 3.48. The number of pyridine rings is 2. The Bertz CT molecular complexity index is 1360. The van der Waals surface area contributed by atoms with Gasteiger partial charge in [0.1, 0.15) is 17.4 Å². The number of nitrogens with zero attached hydrogens (tertiary/aromatic N) is 3. The van der Waals surface area contributed by atoms with Gasteiger partial charge in [-0.05, 0) is 62.1 Å². The molecule has 1 fully saturated rings. The van der Waals surface area contributed by atoms with Gasteiger partial charge in [0.15, 0.2) is 5.03 Å². The Morgan fingerprint density at radius 2 is 1.89 bits per heavy atom. The Balaban J connectivity index is 1.77. The lowest BCUT2D eigenvalue weighted by Gasteiger charge is -2.36. The van der Waals surface area contributed by atoms with Crippen molar-refractivity contribution in [2.75, 3.05) is 24.3 Å². The molecule has 2 aromatic heterocycles. The number of sulfonamides is 1. The minimum atomic E-state index is -4.25. The SMILES string of the molecule is COc1ccc(-c2cnc(N3CCC(C)C3(C)C)c(C(=O)NS(=O)(=O)c3cccc(N)n3)c2)cc1. The smallest absolute Gasteiger partial charge is 0.281 e. The molecule has 1 aliphatic rings. The van der Waals surface area contributed by atoms with Gasteiger partial charge in [-0.15, -0.1) is 0 Å². The largest absolute Gasteiger partial charge is 0.497 e. The van der Waals surface area contributed by atoms with Crippen molar-refractivity contribution in [3.63, 3.8) is 0 Å². The highest BCUT2D eigenvalue weighted by Gasteiger charge is 2.41. The van der Waals surface area contributed by atoms with Crippen LogP contribution in [0.5, 0.6) is 5.75 Å². The number of nitrogen functional groups attached to an aromatic ring is 1. The van der Waals surface area contributed by atoms with Crippen molar-refractivity contribution in [1.29, 1.82) is 0 Å². The zero-order valence-corrected chi connectivity index (χ0v) is 21.0. The molecule has 0 aliphatic carbocycles. The van der Waals surface area contributed by atoms with Crippen LogP contribution in [0.1, 0.15) is 37.6 Å². The highest BCUT2D eigenvalue weighted by atomic mass is 32.2. The molecule has 1 aromatic carbocycles. The summed E-state index contributed by atoms with van der Waals surface area (Å²) in [6.45, 7) is 7.05. The molecule has 3 N–H and O–H groups in total. The van der Waals surface area contributed by atoms with Crippen molar-refractivity contribution < 1.29 is 17.9 Å². The van der Waals surface area contributed by atoms with Crippen LogP contribution in [-0.2, 0) is 10.0 Å². The fraction of sp³-hybridized carbons (Fsp3) is 0.320. The summed E-state index contributed by atoms with van der Waals surface area (Å²) in [5.74, 6) is 0.746. The van der Waals surface area contributed by atoms with Crippen LogP contribution in [0, 0.1) is 5.92 Å². The van der Waals surface area contributed by atoms with Gasteiger partial charge in [0.2, 0.25) is 0 Å². The molecule has 1 unspecified atom stereocenters. The Morgan fingerprint density at radius 1 is 1.17 bits per heavy atom. The molecule has 3 heterocycles. The molecular weight excluding hydrogens is 466 g/mol. The van der Waals surface area contributed by atoms with E-state index in [0.29, 0.717) is 29.6 Å². The first-order valence-corrected chi connectivity index (χ1v) is 12.7. The molecule has 35 heavy (non-hydrogen) atoms. The van der Waals surface area contributed by atoms with Crippen LogP contribution in [0.15, 0.2) is 59.8 Å². The Labute approximate surface area is 205 Å². The molecule has 1 saturated heterocycles. The minimum absolute atomic E-state index is 0.0389. The van der Waals surface area contributed by atoms with Crippen LogP contribution in [0.4, 0.5) is 11.6 Å². The van der Waals surface area contributed by atoms with Crippen molar-refractivity contribution >= 4 is 27.6 Å². The van der Waals surface area contributed by atoms with E-state index in [0.717, 1.165) is 12.0 Å². The van der Waals surface area contributed by atoms with E-state index in [-0.39, 0.29) is 21.9 Å². The van der Waals surface area contributed by atoms with E-state index < -0.39 is 15.9 Å². The van der Waals surface area contributed by atoms with E-state index in [1.165, 1.54) is 18.2 Å². The molecule has 0 spiro atoms. The number of carbonyl (C=O) groups is 1. The summed E-state index contributed by atoms with van der Waals surface area (Å²) in [7, 11) is -2.66. The second-order valence-corrected chi connectivity index (χ2v) is 10.8. The fourth-order valence-corrected chi connectivity index (χ4v) is 5.14. The highest BCUT2D eigenvalue weighted by molar-refractivity contribution is 7.90. The Hall–Kier alpha value is -3.66. The molecule has 10 heteroatoms. The van der Waals surface area contributed by atoms with Crippen molar-refractivity contribution in [2.45, 2.75) is 37.8 Å². The molecule has 0 saturated carbocycles. The van der Waals surface area contributed by atoms with Gasteiger partial charge in [0.05, 0.1) is 12.7 Å². The van der Waals surface area contributed by atoms with Crippen LogP contribution in [0.2, 0.25) is 0 Å². The van der Waals surface area contributed by atoms with Gasteiger partial charge in [-0.3, -0.25) is 4.79 Å². The number of hydrogen-bond donors (Lipinski definition) is 2. The van der Waals surface area contributed by atoms with Gasteiger partial charge >= 0.3 is 0 Å². The molecule has 0 radical (unpaired) electrons. The molecular formula is C25H29N5O4S. The van der Waals surface area contributed by atoms with Crippen molar-refractivity contribution in [1.82, 2.24) is 14.7 Å². The van der Waals surface area contributed by atoms with E-state index in [9.17, 15) is 13.2 Å². The number of hydrogen-bond acceptors (Lipinski definition) is 8. The van der Waals surface area contributed by atoms with Crippen molar-refractivity contribution in [3.8, 4) is 16.9 Å². The van der Waals surface area contributed by atoms with Crippen LogP contribution >= 0.6 is 0 Å². The lowest BCUT2D eigenvalue weighted by molar-refractivity contribution is 0.0981. The van der Waals surface area contributed by atoms with E-state index in [2.05, 4.69) is 40.4 Å². The number of benzene rings is 1. The third kappa shape index (κ3) is 4.79. The summed E-state index contributed by atoms with van der Waals surface area (Å²) in [6, 6.07) is 13.2. The summed E-state index contributed by atoms with van der Waals surface area (Å²) < 4.78 is 33.2. The van der Waals surface area contributed by atoms with E-state index in [4.69, 9.17) is 10.5 Å². The molecule has 4 rings (SSSR count). The second kappa shape index (κ2) is 9.18. The van der Waals surface area contributed by atoms with E-state index in [1.807, 2.05) is 24.3 Å². The second-order valence-electron chi connectivity index (χ2n) is 9.15. The Kier molecular flexibility index (Phi) is 6.42. The van der Waals surface area contributed by atoms with Gasteiger partial charge in [-0.1, -0.05) is 25.1 Å². The van der Waals surface area contributed by atoms with Crippen LogP contribution < -0.4 is 20.1 Å². The summed E-state index contributed by atoms with van der Waals surface area (Å²) in [5, 5.41) is -0.332. The average Bonchev–Trinajstić information content (AvgIpc) is 3.10. The number of rotatable bonds is 6. The highest BCUT2D eigenvalue weighted by Crippen LogP contribution is 2.39. The zero-order valence-electron chi connectivity index (χ0n) is 20.1. The number of ether oxygens (including phenoxy) is 1. The van der Waals surface area contributed by atoms with Crippen LogP contribution in [0.25, 0.3) is 11.1 Å². The average molecular weight is 496 g/mol. The number of carbonyl (C=O) groups excluding carboxylic acids is 1. The zero-order chi connectivity index (χ0) is 25.4. The minimum Gasteiger partial charge on any atom is -0.497 e. The normalized spacial score (nSPS) is 17.3. The lowest BCUT2D eigenvalue weighted by atomic mass is 9.90. The van der Waals surface area contributed by atoms with Crippen LogP contribution in [0.3, 0.4) is 0 Å². The number of nitrogens with one attached hydrogen (secondary N) is 1. The maximum atomic E-state index is 13.4. The first kappa shape index (κ1) is 24.5. The number of anilines is 2. The van der Waals surface area contributed by atoms with Crippen LogP contribution in [-0.4, -0.2) is 43.5 Å². The van der Waals surface area contributed by atoms with Crippen molar-refractivity contribution in [3.05, 3.63) is 60.3 Å². The summed E-state index contributed by atoms with van der Waals surface area (Å²) in [4.78, 5) is 24.0. The maximum Gasteiger partial charge on any atom is 0.281 e. The first-order chi connectivity index (χ1) is 16.5. The molecule has 9 nitrogen and oxygen atoms in total. The molecule has 1 aliphatic heterocycles. The van der Waals surface area contributed by atoms with Gasteiger partial charge in [0.25, 0.3) is 15.9 Å². The fourth-order valence-electron chi connectivity index (χ4n) is 4.20. The number of methoxy groups -OCH3 is 1. The standard InChI is InChI=1S/C25H29N5O4S/c1-16-12-13-30(25(16,2)3)23-20(14-18(15-27-23)17-8-10-19(34-4)11-9-17)24(31)29-35(32,33)22-7-5-6-21(26)28-22/h5-11,14-16H,12-13H2,1-4H3,(H2,26,28)(H,29,31). The lowest BCUT2D eigenvalue weighted by Crippen LogP contribution is -2.43. The first-order valence-electron chi connectivity index (χ1n) is 11.2. The van der Waals surface area contributed by atoms with Gasteiger partial charge in [0, 0.05) is 23.8 Å². The number of amides is 1. The third-order valence-electron chi connectivity index (χ3n) is 6.73. The topological polar surface area (TPSA) is 128 Å². The van der Waals surface area contributed by atoms with Gasteiger partial charge < -0.3 is 15.4 Å². The Morgan fingerprint density at radius 3 is 2.49 bits per heavy atom. The summed E-state index contributed by atoms with van der Waals surface area (Å²) in [6.07, 6.45) is 2.63. The molecule has 1 amide bonds. The van der Waals surface area contributed by atoms with Gasteiger partial charge in [-0.2, -0.15) is 8.42 Å². The molecule has 184 valence electrons. The maximum absolute atomic E-state index is 13.4. The van der Waals surface area contributed by atoms with Gasteiger partial charge in [-0.25, -0.2) is 14.7 Å². The predicted molar refractivity (Wildman–Crippen MR) is 135 cm³/mol. The van der Waals surface area contributed by atoms with Crippen molar-refractivity contribution in [2.24, 2.45) is 5.92 Å². The quantitative estimate of drug-likeness (QED) is 0.532. The summed E-state index contributed by atoms with van der Waals surface area (Å²) >= 11 is 0. The third-order valence-corrected chi connectivity index (χ3v) is 7.96. The van der Waals surface area contributed by atoms with E-state index >= 15 is 0 Å². The molecule has 1 atom stereocenters. The molecule has 3 aromatic rings. The monoisotopic (exact) mass is 495 g/mol. The number of aromatic nitrogens is 2. The van der Waals surface area contributed by atoms with E-state index in [1.54, 1.807) is 19.4 Å².